The quantitative estimate of drug-likeness (QED) is 0.634. The number of nitrogens with one attached hydrogen (secondary N) is 1. The van der Waals surface area contributed by atoms with Crippen molar-refractivity contribution in [2.45, 2.75) is 38.1 Å². The number of hydrogen-bond donors (Lipinski definition) is 2. The van der Waals surface area contributed by atoms with Crippen molar-refractivity contribution in [3.8, 4) is 6.07 Å². The van der Waals surface area contributed by atoms with Crippen LogP contribution in [0.25, 0.3) is 0 Å². The molecule has 20 heavy (non-hydrogen) atoms. The normalized spacial score (nSPS) is 13.1. The zero-order valence-electron chi connectivity index (χ0n) is 12.1. The van der Waals surface area contributed by atoms with Crippen molar-refractivity contribution in [1.29, 1.82) is 5.26 Å². The molecule has 0 aliphatic carbocycles. The van der Waals surface area contributed by atoms with Gasteiger partial charge in [-0.15, -0.1) is 0 Å². The lowest BCUT2D eigenvalue weighted by molar-refractivity contribution is 0.392. The number of nitrogens with zero attached hydrogens (tertiary/aromatic N) is 2. The Hall–Kier alpha value is -1.62. The number of hydrazine groups is 1. The smallest absolute Gasteiger partial charge is 0.243 e. The van der Waals surface area contributed by atoms with Crippen LogP contribution in [0.15, 0.2) is 17.0 Å². The van der Waals surface area contributed by atoms with Gasteiger partial charge in [-0.25, -0.2) is 8.42 Å². The predicted molar refractivity (Wildman–Crippen MR) is 78.4 cm³/mol. The van der Waals surface area contributed by atoms with Gasteiger partial charge in [0, 0.05) is 18.8 Å². The van der Waals surface area contributed by atoms with Crippen molar-refractivity contribution in [3.63, 3.8) is 0 Å². The summed E-state index contributed by atoms with van der Waals surface area (Å²) < 4.78 is 26.5. The van der Waals surface area contributed by atoms with Crippen molar-refractivity contribution >= 4 is 15.7 Å². The van der Waals surface area contributed by atoms with E-state index in [2.05, 4.69) is 5.43 Å². The molecule has 0 fully saturated rings. The molecule has 0 heterocycles. The van der Waals surface area contributed by atoms with Gasteiger partial charge in [-0.05, 0) is 44.0 Å². The topological polar surface area (TPSA) is 99.2 Å². The zero-order chi connectivity index (χ0) is 15.5. The van der Waals surface area contributed by atoms with Gasteiger partial charge in [0.25, 0.3) is 0 Å². The third kappa shape index (κ3) is 3.10. The molecule has 0 bridgehead atoms. The molecule has 3 N–H and O–H groups in total. The van der Waals surface area contributed by atoms with E-state index in [9.17, 15) is 8.42 Å². The Balaban J connectivity index is 3.33. The number of nitrogens with two attached hydrogens (primary N) is 1. The van der Waals surface area contributed by atoms with Gasteiger partial charge in [0.2, 0.25) is 10.0 Å². The van der Waals surface area contributed by atoms with Gasteiger partial charge in [-0.2, -0.15) is 9.57 Å². The number of nitrogen functional groups attached to an aromatic ring is 1. The van der Waals surface area contributed by atoms with Crippen LogP contribution in [0.2, 0.25) is 0 Å². The monoisotopic (exact) mass is 296 g/mol. The summed E-state index contributed by atoms with van der Waals surface area (Å²) in [4.78, 5) is 0.267. The summed E-state index contributed by atoms with van der Waals surface area (Å²) in [5, 5.41) is 8.71. The molecule has 1 unspecified atom stereocenters. The van der Waals surface area contributed by atoms with E-state index in [1.54, 1.807) is 32.9 Å². The van der Waals surface area contributed by atoms with Crippen molar-refractivity contribution in [2.24, 2.45) is 5.84 Å². The molecule has 0 radical (unpaired) electrons. The summed E-state index contributed by atoms with van der Waals surface area (Å²) >= 11 is 0. The molecule has 7 heteroatoms. The van der Waals surface area contributed by atoms with Crippen molar-refractivity contribution in [1.82, 2.24) is 4.31 Å². The molecule has 1 aromatic carbocycles. The number of rotatable bonds is 5. The van der Waals surface area contributed by atoms with Crippen LogP contribution in [0.1, 0.15) is 24.5 Å². The summed E-state index contributed by atoms with van der Waals surface area (Å²) in [6.07, 6.45) is 0.149. The van der Waals surface area contributed by atoms with Crippen molar-refractivity contribution in [2.75, 3.05) is 12.5 Å². The van der Waals surface area contributed by atoms with E-state index in [0.717, 1.165) is 0 Å². The minimum absolute atomic E-state index is 0.149. The minimum atomic E-state index is -3.63. The Morgan fingerprint density at radius 3 is 2.30 bits per heavy atom. The summed E-state index contributed by atoms with van der Waals surface area (Å²) in [5.74, 6) is 5.35. The van der Waals surface area contributed by atoms with Gasteiger partial charge < -0.3 is 5.43 Å². The predicted octanol–water partition coefficient (Wildman–Crippen LogP) is 1.51. The fourth-order valence-corrected chi connectivity index (χ4v) is 3.85. The fourth-order valence-electron chi connectivity index (χ4n) is 2.08. The van der Waals surface area contributed by atoms with Gasteiger partial charge in [-0.1, -0.05) is 0 Å². The number of benzene rings is 1. The molecule has 0 aromatic heterocycles. The molecule has 0 aliphatic rings. The van der Waals surface area contributed by atoms with E-state index < -0.39 is 10.0 Å². The summed E-state index contributed by atoms with van der Waals surface area (Å²) in [7, 11) is -2.14. The highest BCUT2D eigenvalue weighted by atomic mass is 32.2. The average Bonchev–Trinajstić information content (AvgIpc) is 2.36. The van der Waals surface area contributed by atoms with E-state index in [1.165, 1.54) is 11.4 Å². The summed E-state index contributed by atoms with van der Waals surface area (Å²) in [5.41, 5.74) is 4.41. The molecule has 0 aliphatic heterocycles. The number of nitriles is 1. The van der Waals surface area contributed by atoms with Crippen LogP contribution < -0.4 is 11.3 Å². The number of aryl methyl sites for hydroxylation is 2. The average molecular weight is 296 g/mol. The van der Waals surface area contributed by atoms with Crippen LogP contribution in [0.5, 0.6) is 0 Å². The second-order valence-corrected chi connectivity index (χ2v) is 6.75. The number of hydrogen-bond acceptors (Lipinski definition) is 5. The van der Waals surface area contributed by atoms with Gasteiger partial charge in [0.15, 0.2) is 0 Å². The second-order valence-electron chi connectivity index (χ2n) is 4.82. The Kier molecular flexibility index (Phi) is 5.11. The highest BCUT2D eigenvalue weighted by Gasteiger charge is 2.28. The molecule has 1 aromatic rings. The largest absolute Gasteiger partial charge is 0.324 e. The van der Waals surface area contributed by atoms with Crippen molar-refractivity contribution in [3.05, 3.63) is 23.3 Å². The highest BCUT2D eigenvalue weighted by Crippen LogP contribution is 2.27. The summed E-state index contributed by atoms with van der Waals surface area (Å²) in [6, 6.07) is 4.97. The molecule has 1 atom stereocenters. The maximum Gasteiger partial charge on any atom is 0.243 e. The maximum absolute atomic E-state index is 12.7. The zero-order valence-corrected chi connectivity index (χ0v) is 13.0. The first-order chi connectivity index (χ1) is 9.25. The lowest BCUT2D eigenvalue weighted by Crippen LogP contribution is -2.35. The van der Waals surface area contributed by atoms with Crippen LogP contribution in [-0.2, 0) is 10.0 Å². The minimum Gasteiger partial charge on any atom is -0.324 e. The lowest BCUT2D eigenvalue weighted by atomic mass is 10.1. The van der Waals surface area contributed by atoms with Crippen LogP contribution in [0.4, 0.5) is 5.69 Å². The first-order valence-corrected chi connectivity index (χ1v) is 7.62. The van der Waals surface area contributed by atoms with E-state index in [4.69, 9.17) is 11.1 Å². The molecule has 0 spiro atoms. The van der Waals surface area contributed by atoms with Crippen LogP contribution in [0, 0.1) is 25.2 Å². The lowest BCUT2D eigenvalue weighted by Gasteiger charge is -2.24. The Morgan fingerprint density at radius 1 is 1.40 bits per heavy atom. The number of sulfonamides is 1. The Labute approximate surface area is 120 Å². The summed E-state index contributed by atoms with van der Waals surface area (Å²) in [6.45, 7) is 5.16. The van der Waals surface area contributed by atoms with Crippen LogP contribution >= 0.6 is 0 Å². The third-order valence-corrected chi connectivity index (χ3v) is 5.55. The molecule has 0 saturated carbocycles. The second kappa shape index (κ2) is 6.22. The Bertz CT molecular complexity index is 611. The first-order valence-electron chi connectivity index (χ1n) is 6.18. The third-order valence-electron chi connectivity index (χ3n) is 3.27. The van der Waals surface area contributed by atoms with E-state index in [0.29, 0.717) is 16.8 Å². The molecule has 0 amide bonds. The maximum atomic E-state index is 12.7. The van der Waals surface area contributed by atoms with Gasteiger partial charge in [0.1, 0.15) is 0 Å². The molecule has 6 nitrogen and oxygen atoms in total. The molecule has 0 saturated heterocycles. The molecular formula is C13H20N4O2S. The van der Waals surface area contributed by atoms with E-state index >= 15 is 0 Å². The standard InChI is InChI=1S/C13H20N4O2S/c1-9-7-12(16-15)8-10(2)13(9)20(18,19)17(4)11(3)5-6-14/h7-8,11,16H,5,15H2,1-4H3. The van der Waals surface area contributed by atoms with Gasteiger partial charge >= 0.3 is 0 Å². The molecule has 1 rings (SSSR count). The molecular weight excluding hydrogens is 276 g/mol. The van der Waals surface area contributed by atoms with Gasteiger partial charge in [-0.3, -0.25) is 5.84 Å². The van der Waals surface area contributed by atoms with E-state index in [-0.39, 0.29) is 17.4 Å². The van der Waals surface area contributed by atoms with Gasteiger partial charge in [0.05, 0.1) is 17.4 Å². The SMILES string of the molecule is Cc1cc(NN)cc(C)c1S(=O)(=O)N(C)C(C)CC#N. The van der Waals surface area contributed by atoms with Crippen molar-refractivity contribution < 1.29 is 8.42 Å². The van der Waals surface area contributed by atoms with Crippen LogP contribution in [0.3, 0.4) is 0 Å². The number of anilines is 1. The Morgan fingerprint density at radius 2 is 1.90 bits per heavy atom. The van der Waals surface area contributed by atoms with E-state index in [1.807, 2.05) is 6.07 Å². The van der Waals surface area contributed by atoms with Crippen LogP contribution in [-0.4, -0.2) is 25.8 Å². The molecule has 110 valence electrons. The highest BCUT2D eigenvalue weighted by molar-refractivity contribution is 7.89. The first kappa shape index (κ1) is 16.4. The fraction of sp³-hybridized carbons (Fsp3) is 0.462.